The number of nitrogens with zero attached hydrogens (tertiary/aromatic N) is 4. The van der Waals surface area contributed by atoms with E-state index in [0.717, 1.165) is 25.5 Å². The van der Waals surface area contributed by atoms with Gasteiger partial charge in [-0.15, -0.1) is 0 Å². The molecule has 1 aliphatic heterocycles. The highest BCUT2D eigenvalue weighted by molar-refractivity contribution is 5.74. The molecule has 1 saturated heterocycles. The first kappa shape index (κ1) is 17.2. The number of piperazine rings is 1. The Morgan fingerprint density at radius 2 is 2.25 bits per heavy atom. The van der Waals surface area contributed by atoms with Crippen LogP contribution in [0.15, 0.2) is 12.4 Å². The summed E-state index contributed by atoms with van der Waals surface area (Å²) in [6, 6.07) is 0.313. The monoisotopic (exact) mass is 335 g/mol. The second kappa shape index (κ2) is 7.53. The smallest absolute Gasteiger partial charge is 0.317 e. The van der Waals surface area contributed by atoms with Crippen molar-refractivity contribution in [3.63, 3.8) is 0 Å². The third-order valence-electron chi connectivity index (χ3n) is 5.19. The van der Waals surface area contributed by atoms with Crippen molar-refractivity contribution in [2.45, 2.75) is 31.8 Å². The van der Waals surface area contributed by atoms with E-state index in [1.807, 2.05) is 28.9 Å². The van der Waals surface area contributed by atoms with Gasteiger partial charge < -0.3 is 19.5 Å². The average molecular weight is 335 g/mol. The van der Waals surface area contributed by atoms with E-state index in [4.69, 9.17) is 4.74 Å². The minimum Gasteiger partial charge on any atom is -0.383 e. The highest BCUT2D eigenvalue weighted by atomic mass is 16.5. The maximum atomic E-state index is 12.7. The van der Waals surface area contributed by atoms with Crippen molar-refractivity contribution in [3.8, 4) is 0 Å². The number of nitrogens with one attached hydrogen (secondary N) is 1. The number of aryl methyl sites for hydroxylation is 1. The molecule has 1 aromatic heterocycles. The minimum atomic E-state index is 0.0268. The van der Waals surface area contributed by atoms with Crippen LogP contribution in [0.1, 0.15) is 31.6 Å². The fourth-order valence-corrected chi connectivity index (χ4v) is 3.55. The fourth-order valence-electron chi connectivity index (χ4n) is 3.55. The van der Waals surface area contributed by atoms with Crippen LogP contribution in [-0.4, -0.2) is 71.3 Å². The Morgan fingerprint density at radius 3 is 2.83 bits per heavy atom. The Bertz CT molecular complexity index is 557. The summed E-state index contributed by atoms with van der Waals surface area (Å²) in [5, 5.41) is 3.18. The first-order chi connectivity index (χ1) is 11.6. The molecule has 1 saturated carbocycles. The third kappa shape index (κ3) is 3.72. The Balaban J connectivity index is 1.65. The van der Waals surface area contributed by atoms with Gasteiger partial charge in [0.2, 0.25) is 0 Å². The summed E-state index contributed by atoms with van der Waals surface area (Å²) >= 11 is 0. The molecule has 2 aliphatic rings. The van der Waals surface area contributed by atoms with Crippen molar-refractivity contribution in [1.82, 2.24) is 24.7 Å². The van der Waals surface area contributed by atoms with Gasteiger partial charge in [0.1, 0.15) is 5.82 Å². The van der Waals surface area contributed by atoms with Crippen LogP contribution < -0.4 is 5.32 Å². The predicted molar refractivity (Wildman–Crippen MR) is 91.7 cm³/mol. The van der Waals surface area contributed by atoms with E-state index in [2.05, 4.69) is 22.1 Å². The molecule has 2 heterocycles. The van der Waals surface area contributed by atoms with E-state index < -0.39 is 0 Å². The van der Waals surface area contributed by atoms with Gasteiger partial charge in [-0.3, -0.25) is 4.90 Å². The Kier molecular flexibility index (Phi) is 5.40. The van der Waals surface area contributed by atoms with Gasteiger partial charge in [-0.2, -0.15) is 0 Å². The van der Waals surface area contributed by atoms with E-state index in [9.17, 15) is 4.79 Å². The maximum Gasteiger partial charge on any atom is 0.317 e. The molecule has 0 unspecified atom stereocenters. The summed E-state index contributed by atoms with van der Waals surface area (Å²) < 4.78 is 7.32. The first-order valence-electron chi connectivity index (χ1n) is 8.89. The molecular weight excluding hydrogens is 306 g/mol. The van der Waals surface area contributed by atoms with Crippen LogP contribution in [0.5, 0.6) is 0 Å². The Hall–Kier alpha value is -1.60. The molecule has 1 aromatic rings. The van der Waals surface area contributed by atoms with E-state index in [1.54, 1.807) is 7.11 Å². The standard InChI is InChI=1S/C17H29N5O2/c1-4-21-9-10-22(11-15(21)16-18-7-8-20(16)2)17(23)19-14(12-24-3)13-5-6-13/h7-8,13-15H,4-6,9-12H2,1-3H3,(H,19,23)/t14-,15+/m1/s1. The first-order valence-corrected chi connectivity index (χ1v) is 8.89. The summed E-state index contributed by atoms with van der Waals surface area (Å²) in [4.78, 5) is 21.5. The van der Waals surface area contributed by atoms with Crippen molar-refractivity contribution in [2.24, 2.45) is 13.0 Å². The minimum absolute atomic E-state index is 0.0268. The van der Waals surface area contributed by atoms with Gasteiger partial charge in [-0.25, -0.2) is 9.78 Å². The number of methoxy groups -OCH3 is 1. The number of hydrogen-bond donors (Lipinski definition) is 1. The van der Waals surface area contributed by atoms with Gasteiger partial charge in [-0.05, 0) is 25.3 Å². The summed E-state index contributed by atoms with van der Waals surface area (Å²) in [5.74, 6) is 1.60. The van der Waals surface area contributed by atoms with Crippen molar-refractivity contribution >= 4 is 6.03 Å². The zero-order valence-electron chi connectivity index (χ0n) is 14.9. The molecule has 0 aromatic carbocycles. The van der Waals surface area contributed by atoms with Gasteiger partial charge in [0.15, 0.2) is 0 Å². The van der Waals surface area contributed by atoms with Crippen LogP contribution in [0.2, 0.25) is 0 Å². The Labute approximate surface area is 144 Å². The Morgan fingerprint density at radius 1 is 1.46 bits per heavy atom. The maximum absolute atomic E-state index is 12.7. The van der Waals surface area contributed by atoms with E-state index in [0.29, 0.717) is 19.1 Å². The SMILES string of the molecule is CCN1CCN(C(=O)N[C@H](COC)C2CC2)C[C@H]1c1nccn1C. The van der Waals surface area contributed by atoms with Crippen LogP contribution in [-0.2, 0) is 11.8 Å². The molecule has 3 rings (SSSR count). The van der Waals surface area contributed by atoms with Crippen molar-refractivity contribution in [1.29, 1.82) is 0 Å². The van der Waals surface area contributed by atoms with Crippen molar-refractivity contribution in [2.75, 3.05) is 39.9 Å². The topological polar surface area (TPSA) is 62.6 Å². The predicted octanol–water partition coefficient (Wildman–Crippen LogP) is 1.23. The molecular formula is C17H29N5O2. The number of urea groups is 1. The van der Waals surface area contributed by atoms with E-state index in [1.165, 1.54) is 12.8 Å². The highest BCUT2D eigenvalue weighted by Crippen LogP contribution is 2.33. The lowest BCUT2D eigenvalue weighted by molar-refractivity contribution is 0.0832. The van der Waals surface area contributed by atoms with Crippen LogP contribution in [0.3, 0.4) is 0 Å². The lowest BCUT2D eigenvalue weighted by atomic mass is 10.1. The molecule has 2 fully saturated rings. The van der Waals surface area contributed by atoms with E-state index in [-0.39, 0.29) is 18.1 Å². The second-order valence-corrected chi connectivity index (χ2v) is 6.84. The van der Waals surface area contributed by atoms with E-state index >= 15 is 0 Å². The third-order valence-corrected chi connectivity index (χ3v) is 5.19. The number of rotatable bonds is 6. The molecule has 2 amide bonds. The van der Waals surface area contributed by atoms with Crippen LogP contribution in [0, 0.1) is 5.92 Å². The number of likely N-dealkylation sites (N-methyl/N-ethyl adjacent to an activating group) is 1. The molecule has 7 heteroatoms. The summed E-state index contributed by atoms with van der Waals surface area (Å²) in [7, 11) is 3.70. The summed E-state index contributed by atoms with van der Waals surface area (Å²) in [6.07, 6.45) is 6.16. The summed E-state index contributed by atoms with van der Waals surface area (Å²) in [5.41, 5.74) is 0. The van der Waals surface area contributed by atoms with Crippen molar-refractivity contribution < 1.29 is 9.53 Å². The van der Waals surface area contributed by atoms with Gasteiger partial charge in [0.05, 0.1) is 18.7 Å². The summed E-state index contributed by atoms with van der Waals surface area (Å²) in [6.45, 7) is 6.02. The van der Waals surface area contributed by atoms with Gasteiger partial charge >= 0.3 is 6.03 Å². The van der Waals surface area contributed by atoms with Gasteiger partial charge in [0.25, 0.3) is 0 Å². The number of ether oxygens (including phenoxy) is 1. The molecule has 7 nitrogen and oxygen atoms in total. The molecule has 1 aliphatic carbocycles. The largest absolute Gasteiger partial charge is 0.383 e. The van der Waals surface area contributed by atoms with Crippen molar-refractivity contribution in [3.05, 3.63) is 18.2 Å². The van der Waals surface area contributed by atoms with Crippen LogP contribution >= 0.6 is 0 Å². The number of amides is 2. The number of aromatic nitrogens is 2. The molecule has 0 bridgehead atoms. The number of carbonyl (C=O) groups is 1. The molecule has 0 spiro atoms. The highest BCUT2D eigenvalue weighted by Gasteiger charge is 2.36. The van der Waals surface area contributed by atoms with Gasteiger partial charge in [0, 0.05) is 46.2 Å². The van der Waals surface area contributed by atoms with Crippen LogP contribution in [0.4, 0.5) is 4.79 Å². The molecule has 1 N–H and O–H groups in total. The second-order valence-electron chi connectivity index (χ2n) is 6.84. The van der Waals surface area contributed by atoms with Crippen LogP contribution in [0.25, 0.3) is 0 Å². The molecule has 134 valence electrons. The molecule has 0 radical (unpaired) electrons. The zero-order chi connectivity index (χ0) is 17.1. The number of hydrogen-bond acceptors (Lipinski definition) is 4. The quantitative estimate of drug-likeness (QED) is 0.849. The van der Waals surface area contributed by atoms with Gasteiger partial charge in [-0.1, -0.05) is 6.92 Å². The lowest BCUT2D eigenvalue weighted by Crippen LogP contribution is -2.55. The lowest BCUT2D eigenvalue weighted by Gasteiger charge is -2.40. The molecule has 24 heavy (non-hydrogen) atoms. The number of imidazole rings is 1. The number of carbonyl (C=O) groups excluding carboxylic acids is 1. The molecule has 2 atom stereocenters. The average Bonchev–Trinajstić information content (AvgIpc) is 3.35. The zero-order valence-corrected chi connectivity index (χ0v) is 14.9. The fraction of sp³-hybridized carbons (Fsp3) is 0.765. The normalized spacial score (nSPS) is 23.3.